The van der Waals surface area contributed by atoms with E-state index >= 15 is 0 Å². The summed E-state index contributed by atoms with van der Waals surface area (Å²) in [4.78, 5) is 0. The number of thioether (sulfide) groups is 1. The van der Waals surface area contributed by atoms with E-state index in [-0.39, 0.29) is 0 Å². The predicted octanol–water partition coefficient (Wildman–Crippen LogP) is 3.71. The number of nitrogens with zero attached hydrogens (tertiary/aromatic N) is 2. The zero-order valence-corrected chi connectivity index (χ0v) is 14.1. The Labute approximate surface area is 123 Å². The molecule has 1 unspecified atom stereocenters. The van der Waals surface area contributed by atoms with E-state index in [4.69, 9.17) is 0 Å². The van der Waals surface area contributed by atoms with Crippen molar-refractivity contribution in [1.29, 1.82) is 0 Å². The molecule has 0 bridgehead atoms. The number of aryl methyl sites for hydroxylation is 1. The first-order valence-corrected chi connectivity index (χ1v) is 8.51. The Bertz CT molecular complexity index is 352. The molecule has 0 amide bonds. The van der Waals surface area contributed by atoms with Crippen LogP contribution >= 0.6 is 27.7 Å². The van der Waals surface area contributed by atoms with Gasteiger partial charge in [-0.25, -0.2) is 0 Å². The summed E-state index contributed by atoms with van der Waals surface area (Å²) in [6, 6.07) is 0.358. The molecule has 1 N–H and O–H groups in total. The highest BCUT2D eigenvalue weighted by Gasteiger charge is 2.18. The van der Waals surface area contributed by atoms with E-state index in [1.807, 2.05) is 25.0 Å². The summed E-state index contributed by atoms with van der Waals surface area (Å²) in [5.74, 6) is 3.04. The summed E-state index contributed by atoms with van der Waals surface area (Å²) in [7, 11) is 2.02. The molecule has 0 aromatic carbocycles. The lowest BCUT2D eigenvalue weighted by molar-refractivity contribution is 0.522. The van der Waals surface area contributed by atoms with Crippen molar-refractivity contribution in [2.45, 2.75) is 39.8 Å². The van der Waals surface area contributed by atoms with Crippen LogP contribution in [0.5, 0.6) is 0 Å². The van der Waals surface area contributed by atoms with Crippen LogP contribution in [0, 0.1) is 5.92 Å². The fraction of sp³-hybridized carbons (Fsp3) is 0.769. The third kappa shape index (κ3) is 4.59. The van der Waals surface area contributed by atoms with Crippen molar-refractivity contribution in [2.75, 3.05) is 18.6 Å². The molecular formula is C13H24BrN3S. The Balaban J connectivity index is 2.71. The molecule has 1 rings (SSSR count). The van der Waals surface area contributed by atoms with Crippen LogP contribution in [0.1, 0.15) is 38.9 Å². The topological polar surface area (TPSA) is 29.9 Å². The minimum absolute atomic E-state index is 0.358. The molecule has 0 radical (unpaired) electrons. The van der Waals surface area contributed by atoms with Crippen molar-refractivity contribution < 1.29 is 0 Å². The van der Waals surface area contributed by atoms with Gasteiger partial charge in [-0.3, -0.25) is 4.68 Å². The van der Waals surface area contributed by atoms with E-state index in [0.29, 0.717) is 6.04 Å². The van der Waals surface area contributed by atoms with Gasteiger partial charge in [-0.1, -0.05) is 20.8 Å². The Hall–Kier alpha value is -0.0000000000000000763. The van der Waals surface area contributed by atoms with E-state index in [1.165, 1.54) is 11.4 Å². The van der Waals surface area contributed by atoms with Crippen LogP contribution in [0.3, 0.4) is 0 Å². The lowest BCUT2D eigenvalue weighted by Crippen LogP contribution is -2.23. The molecule has 0 saturated carbocycles. The van der Waals surface area contributed by atoms with Gasteiger partial charge >= 0.3 is 0 Å². The Morgan fingerprint density at radius 1 is 1.44 bits per heavy atom. The van der Waals surface area contributed by atoms with Crippen LogP contribution in [-0.4, -0.2) is 28.3 Å². The number of hydrogen-bond donors (Lipinski definition) is 1. The number of nitrogens with one attached hydrogen (secondary N) is 1. The third-order valence-electron chi connectivity index (χ3n) is 2.68. The number of halogens is 1. The molecule has 0 aliphatic carbocycles. The molecule has 1 heterocycles. The zero-order valence-electron chi connectivity index (χ0n) is 11.7. The van der Waals surface area contributed by atoms with Gasteiger partial charge in [0.15, 0.2) is 0 Å². The smallest absolute Gasteiger partial charge is 0.0704 e. The summed E-state index contributed by atoms with van der Waals surface area (Å²) in [6.07, 6.45) is 3.01. The second-order valence-electron chi connectivity index (χ2n) is 4.87. The van der Waals surface area contributed by atoms with Crippen molar-refractivity contribution in [1.82, 2.24) is 15.1 Å². The second-order valence-corrected chi connectivity index (χ2v) is 6.80. The van der Waals surface area contributed by atoms with Crippen molar-refractivity contribution in [3.05, 3.63) is 16.4 Å². The monoisotopic (exact) mass is 333 g/mol. The van der Waals surface area contributed by atoms with Gasteiger partial charge in [-0.05, 0) is 41.1 Å². The average molecular weight is 334 g/mol. The lowest BCUT2D eigenvalue weighted by Gasteiger charge is -2.19. The molecule has 0 fully saturated rings. The zero-order chi connectivity index (χ0) is 13.5. The van der Waals surface area contributed by atoms with Gasteiger partial charge in [0.2, 0.25) is 0 Å². The van der Waals surface area contributed by atoms with Crippen LogP contribution in [0.15, 0.2) is 10.7 Å². The van der Waals surface area contributed by atoms with E-state index in [9.17, 15) is 0 Å². The molecule has 0 aliphatic heterocycles. The summed E-state index contributed by atoms with van der Waals surface area (Å²) < 4.78 is 3.22. The molecule has 1 aromatic heterocycles. The molecule has 3 nitrogen and oxygen atoms in total. The normalized spacial score (nSPS) is 13.2. The first-order chi connectivity index (χ1) is 8.60. The largest absolute Gasteiger partial charge is 0.311 e. The molecule has 104 valence electrons. The number of aromatic nitrogens is 2. The Kier molecular flexibility index (Phi) is 7.34. The second kappa shape index (κ2) is 8.23. The highest BCUT2D eigenvalue weighted by molar-refractivity contribution is 9.10. The average Bonchev–Trinajstić information content (AvgIpc) is 2.67. The maximum Gasteiger partial charge on any atom is 0.0704 e. The highest BCUT2D eigenvalue weighted by atomic mass is 79.9. The predicted molar refractivity (Wildman–Crippen MR) is 84.2 cm³/mol. The van der Waals surface area contributed by atoms with Crippen LogP contribution in [0.25, 0.3) is 0 Å². The summed E-state index contributed by atoms with van der Waals surface area (Å²) in [5.41, 5.74) is 1.27. The maximum absolute atomic E-state index is 4.44. The molecule has 0 saturated heterocycles. The summed E-state index contributed by atoms with van der Waals surface area (Å²) in [5, 5.41) is 7.84. The van der Waals surface area contributed by atoms with Gasteiger partial charge in [0.05, 0.1) is 22.4 Å². The number of hydrogen-bond acceptors (Lipinski definition) is 3. The third-order valence-corrected chi connectivity index (χ3v) is 4.77. The van der Waals surface area contributed by atoms with Crippen molar-refractivity contribution >= 4 is 27.7 Å². The Morgan fingerprint density at radius 3 is 2.72 bits per heavy atom. The minimum atomic E-state index is 0.358. The van der Waals surface area contributed by atoms with Gasteiger partial charge in [-0.15, -0.1) is 0 Å². The van der Waals surface area contributed by atoms with Crippen molar-refractivity contribution in [3.63, 3.8) is 0 Å². The number of rotatable bonds is 8. The molecule has 1 atom stereocenters. The van der Waals surface area contributed by atoms with E-state index in [1.54, 1.807) is 0 Å². The summed E-state index contributed by atoms with van der Waals surface area (Å²) >= 11 is 5.62. The van der Waals surface area contributed by atoms with Crippen LogP contribution in [-0.2, 0) is 6.54 Å². The highest BCUT2D eigenvalue weighted by Crippen LogP contribution is 2.26. The molecule has 0 aliphatic rings. The van der Waals surface area contributed by atoms with E-state index in [2.05, 4.69) is 51.8 Å². The van der Waals surface area contributed by atoms with Gasteiger partial charge in [0, 0.05) is 12.3 Å². The molecule has 0 spiro atoms. The van der Waals surface area contributed by atoms with Crippen LogP contribution < -0.4 is 5.32 Å². The molecular weight excluding hydrogens is 310 g/mol. The summed E-state index contributed by atoms with van der Waals surface area (Å²) in [6.45, 7) is 7.69. The van der Waals surface area contributed by atoms with Gasteiger partial charge in [0.1, 0.15) is 0 Å². The van der Waals surface area contributed by atoms with Gasteiger partial charge in [-0.2, -0.15) is 16.9 Å². The van der Waals surface area contributed by atoms with E-state index in [0.717, 1.165) is 29.1 Å². The molecule has 1 aromatic rings. The molecule has 5 heteroatoms. The fourth-order valence-corrected chi connectivity index (χ4v) is 3.57. The van der Waals surface area contributed by atoms with Crippen molar-refractivity contribution in [2.24, 2.45) is 5.92 Å². The standard InChI is InChI=1S/C13H24BrN3S/c1-5-6-17-13(11(14)7-16-17)12(15-4)9-18-8-10(2)3/h7,10,12,15H,5-6,8-9H2,1-4H3. The van der Waals surface area contributed by atoms with Crippen molar-refractivity contribution in [3.8, 4) is 0 Å². The van der Waals surface area contributed by atoms with E-state index < -0.39 is 0 Å². The van der Waals surface area contributed by atoms with Crippen LogP contribution in [0.4, 0.5) is 0 Å². The van der Waals surface area contributed by atoms with Crippen LogP contribution in [0.2, 0.25) is 0 Å². The lowest BCUT2D eigenvalue weighted by atomic mass is 10.2. The first kappa shape index (κ1) is 16.1. The fourth-order valence-electron chi connectivity index (χ4n) is 1.83. The first-order valence-electron chi connectivity index (χ1n) is 6.56. The van der Waals surface area contributed by atoms with Gasteiger partial charge < -0.3 is 5.32 Å². The quantitative estimate of drug-likeness (QED) is 0.786. The Morgan fingerprint density at radius 2 is 2.17 bits per heavy atom. The molecule has 18 heavy (non-hydrogen) atoms. The SMILES string of the molecule is CCCn1ncc(Br)c1C(CSCC(C)C)NC. The minimum Gasteiger partial charge on any atom is -0.311 e. The maximum atomic E-state index is 4.44. The van der Waals surface area contributed by atoms with Gasteiger partial charge in [0.25, 0.3) is 0 Å².